The predicted molar refractivity (Wildman–Crippen MR) is 60.6 cm³/mol. The molecule has 5 heteroatoms. The van der Waals surface area contributed by atoms with Crippen LogP contribution in [0.2, 0.25) is 0 Å². The lowest BCUT2D eigenvalue weighted by molar-refractivity contribution is 0.412. The van der Waals surface area contributed by atoms with Crippen LogP contribution in [0, 0.1) is 0 Å². The highest BCUT2D eigenvalue weighted by Gasteiger charge is 2.04. The van der Waals surface area contributed by atoms with Gasteiger partial charge in [-0.1, -0.05) is 0 Å². The second-order valence-electron chi connectivity index (χ2n) is 2.95. The molecule has 78 valence electrons. The van der Waals surface area contributed by atoms with Gasteiger partial charge in [-0.25, -0.2) is 4.79 Å². The second-order valence-corrected chi connectivity index (χ2v) is 3.81. The Balaban J connectivity index is 2.52. The van der Waals surface area contributed by atoms with E-state index >= 15 is 0 Å². The van der Waals surface area contributed by atoms with E-state index in [-0.39, 0.29) is 5.69 Å². The van der Waals surface area contributed by atoms with Crippen LogP contribution >= 0.6 is 15.9 Å². The van der Waals surface area contributed by atoms with Crippen molar-refractivity contribution in [1.29, 1.82) is 0 Å². The summed E-state index contributed by atoms with van der Waals surface area (Å²) in [5.74, 6) is 0.738. The first-order chi connectivity index (χ1) is 7.22. The lowest BCUT2D eigenvalue weighted by Gasteiger charge is -2.05. The second kappa shape index (κ2) is 3.94. The highest BCUT2D eigenvalue weighted by molar-refractivity contribution is 9.10. The van der Waals surface area contributed by atoms with Crippen molar-refractivity contribution in [2.45, 2.75) is 0 Å². The Kier molecular flexibility index (Phi) is 2.64. The lowest BCUT2D eigenvalue weighted by Crippen LogP contribution is -2.13. The minimum absolute atomic E-state index is 0.160. The zero-order chi connectivity index (χ0) is 10.8. The number of aromatic amines is 1. The molecule has 0 spiro atoms. The topological polar surface area (TPSA) is 47.0 Å². The molecule has 0 aliphatic carbocycles. The van der Waals surface area contributed by atoms with Crippen LogP contribution in [0.25, 0.3) is 5.69 Å². The van der Waals surface area contributed by atoms with Gasteiger partial charge in [0.2, 0.25) is 0 Å². The van der Waals surface area contributed by atoms with Crippen LogP contribution in [-0.2, 0) is 0 Å². The molecule has 0 fully saturated rings. The van der Waals surface area contributed by atoms with Crippen LogP contribution in [0.4, 0.5) is 0 Å². The number of hydrogen-bond donors (Lipinski definition) is 1. The van der Waals surface area contributed by atoms with Gasteiger partial charge < -0.3 is 9.72 Å². The van der Waals surface area contributed by atoms with Gasteiger partial charge >= 0.3 is 5.69 Å². The molecule has 0 saturated carbocycles. The fraction of sp³-hybridized carbons (Fsp3) is 0.100. The first-order valence-corrected chi connectivity index (χ1v) is 5.11. The molecular weight excluding hydrogens is 260 g/mol. The number of hydrogen-bond acceptors (Lipinski definition) is 2. The number of benzene rings is 1. The Morgan fingerprint density at radius 2 is 2.27 bits per heavy atom. The molecule has 0 aliphatic rings. The summed E-state index contributed by atoms with van der Waals surface area (Å²) in [7, 11) is 1.60. The minimum Gasteiger partial charge on any atom is -0.496 e. The highest BCUT2D eigenvalue weighted by atomic mass is 79.9. The molecule has 1 aromatic carbocycles. The Hall–Kier alpha value is -1.49. The lowest BCUT2D eigenvalue weighted by atomic mass is 10.3. The summed E-state index contributed by atoms with van der Waals surface area (Å²) in [6.07, 6.45) is 3.27. The van der Waals surface area contributed by atoms with Crippen molar-refractivity contribution in [1.82, 2.24) is 9.55 Å². The molecule has 1 aromatic heterocycles. The van der Waals surface area contributed by atoms with E-state index in [0.717, 1.165) is 15.9 Å². The fourth-order valence-corrected chi connectivity index (χ4v) is 1.86. The van der Waals surface area contributed by atoms with Crippen LogP contribution in [0.1, 0.15) is 0 Å². The molecule has 2 aromatic rings. The predicted octanol–water partition coefficient (Wildman–Crippen LogP) is 1.94. The normalized spacial score (nSPS) is 10.3. The molecular formula is C10H9BrN2O2. The van der Waals surface area contributed by atoms with Crippen LogP contribution < -0.4 is 10.4 Å². The van der Waals surface area contributed by atoms with E-state index in [2.05, 4.69) is 20.9 Å². The number of ether oxygens (including phenoxy) is 1. The molecule has 0 unspecified atom stereocenters. The number of rotatable bonds is 2. The maximum absolute atomic E-state index is 11.3. The van der Waals surface area contributed by atoms with Crippen molar-refractivity contribution in [3.63, 3.8) is 0 Å². The van der Waals surface area contributed by atoms with E-state index in [4.69, 9.17) is 4.74 Å². The number of aromatic nitrogens is 2. The Bertz CT molecular complexity index is 530. The average molecular weight is 269 g/mol. The SMILES string of the molecule is COc1ccc(-n2cc[nH]c2=O)cc1Br. The van der Waals surface area contributed by atoms with E-state index in [1.165, 1.54) is 4.57 Å². The Morgan fingerprint density at radius 3 is 2.80 bits per heavy atom. The molecule has 15 heavy (non-hydrogen) atoms. The molecule has 0 aliphatic heterocycles. The van der Waals surface area contributed by atoms with Gasteiger partial charge in [0.25, 0.3) is 0 Å². The van der Waals surface area contributed by atoms with Crippen molar-refractivity contribution in [3.8, 4) is 11.4 Å². The van der Waals surface area contributed by atoms with Crippen LogP contribution in [0.5, 0.6) is 5.75 Å². The fourth-order valence-electron chi connectivity index (χ4n) is 1.33. The van der Waals surface area contributed by atoms with Gasteiger partial charge in [0.15, 0.2) is 0 Å². The molecule has 0 saturated heterocycles. The number of imidazole rings is 1. The molecule has 0 amide bonds. The maximum Gasteiger partial charge on any atom is 0.330 e. The van der Waals surface area contributed by atoms with Crippen LogP contribution in [-0.4, -0.2) is 16.7 Å². The number of nitrogens with one attached hydrogen (secondary N) is 1. The molecule has 0 bridgehead atoms. The van der Waals surface area contributed by atoms with E-state index in [9.17, 15) is 4.79 Å². The van der Waals surface area contributed by atoms with Gasteiger partial charge in [-0.15, -0.1) is 0 Å². The highest BCUT2D eigenvalue weighted by Crippen LogP contribution is 2.26. The molecule has 4 nitrogen and oxygen atoms in total. The minimum atomic E-state index is -0.160. The quantitative estimate of drug-likeness (QED) is 0.905. The zero-order valence-corrected chi connectivity index (χ0v) is 9.61. The summed E-state index contributed by atoms with van der Waals surface area (Å²) in [6.45, 7) is 0. The molecule has 1 N–H and O–H groups in total. The third-order valence-corrected chi connectivity index (χ3v) is 2.68. The standard InChI is InChI=1S/C10H9BrN2O2/c1-15-9-3-2-7(6-8(9)11)13-5-4-12-10(13)14/h2-6H,1H3,(H,12,14). The molecule has 2 rings (SSSR count). The summed E-state index contributed by atoms with van der Waals surface area (Å²) in [5.41, 5.74) is 0.626. The maximum atomic E-state index is 11.3. The van der Waals surface area contributed by atoms with Crippen molar-refractivity contribution in [3.05, 3.63) is 45.5 Å². The summed E-state index contributed by atoms with van der Waals surface area (Å²) < 4.78 is 7.44. The summed E-state index contributed by atoms with van der Waals surface area (Å²) in [4.78, 5) is 13.9. The van der Waals surface area contributed by atoms with E-state index in [1.807, 2.05) is 12.1 Å². The summed E-state index contributed by atoms with van der Waals surface area (Å²) >= 11 is 3.37. The van der Waals surface area contributed by atoms with E-state index in [1.54, 1.807) is 25.6 Å². The van der Waals surface area contributed by atoms with Gasteiger partial charge in [0.1, 0.15) is 5.75 Å². The van der Waals surface area contributed by atoms with E-state index < -0.39 is 0 Å². The molecule has 0 radical (unpaired) electrons. The smallest absolute Gasteiger partial charge is 0.330 e. The third kappa shape index (κ3) is 1.83. The van der Waals surface area contributed by atoms with Gasteiger partial charge in [-0.05, 0) is 34.1 Å². The van der Waals surface area contributed by atoms with Crippen molar-refractivity contribution in [2.75, 3.05) is 7.11 Å². The molecule has 1 heterocycles. The third-order valence-electron chi connectivity index (χ3n) is 2.06. The molecule has 0 atom stereocenters. The summed E-state index contributed by atoms with van der Waals surface area (Å²) in [5, 5.41) is 0. The van der Waals surface area contributed by atoms with Gasteiger partial charge in [-0.2, -0.15) is 0 Å². The van der Waals surface area contributed by atoms with Gasteiger partial charge in [0.05, 0.1) is 17.3 Å². The number of methoxy groups -OCH3 is 1. The number of H-pyrrole nitrogens is 1. The van der Waals surface area contributed by atoms with Crippen molar-refractivity contribution in [2.24, 2.45) is 0 Å². The van der Waals surface area contributed by atoms with Gasteiger partial charge in [0, 0.05) is 12.4 Å². The first-order valence-electron chi connectivity index (χ1n) is 4.32. The zero-order valence-electron chi connectivity index (χ0n) is 8.03. The Labute approximate surface area is 94.6 Å². The van der Waals surface area contributed by atoms with Crippen molar-refractivity contribution < 1.29 is 4.74 Å². The average Bonchev–Trinajstić information content (AvgIpc) is 2.64. The first kappa shape index (κ1) is 10.0. The summed E-state index contributed by atoms with van der Waals surface area (Å²) in [6, 6.07) is 5.45. The van der Waals surface area contributed by atoms with Crippen LogP contribution in [0.3, 0.4) is 0 Å². The van der Waals surface area contributed by atoms with Crippen molar-refractivity contribution >= 4 is 15.9 Å². The Morgan fingerprint density at radius 1 is 1.47 bits per heavy atom. The van der Waals surface area contributed by atoms with Crippen LogP contribution in [0.15, 0.2) is 39.9 Å². The monoisotopic (exact) mass is 268 g/mol. The van der Waals surface area contributed by atoms with E-state index in [0.29, 0.717) is 0 Å². The largest absolute Gasteiger partial charge is 0.496 e. The number of halogens is 1. The van der Waals surface area contributed by atoms with Gasteiger partial charge in [-0.3, -0.25) is 4.57 Å². The number of nitrogens with zero attached hydrogens (tertiary/aromatic N) is 1.